The van der Waals surface area contributed by atoms with Crippen LogP contribution in [0.2, 0.25) is 0 Å². The Hall–Kier alpha value is -3.67. The van der Waals surface area contributed by atoms with E-state index in [1.165, 1.54) is 12.0 Å². The van der Waals surface area contributed by atoms with Crippen LogP contribution in [0.1, 0.15) is 30.7 Å². The Kier molecular flexibility index (Phi) is 4.24. The normalized spacial score (nSPS) is 14.5. The zero-order valence-corrected chi connectivity index (χ0v) is 16.3. The number of nitrogens with one attached hydrogen (secondary N) is 3. The molecule has 3 aromatic heterocycles. The number of aromatic amines is 3. The fourth-order valence-corrected chi connectivity index (χ4v) is 3.99. The summed E-state index contributed by atoms with van der Waals surface area (Å²) in [5, 5.41) is 15.6. The third-order valence-electron chi connectivity index (χ3n) is 5.43. The summed E-state index contributed by atoms with van der Waals surface area (Å²) in [6.45, 7) is 5.95. The van der Waals surface area contributed by atoms with Crippen molar-refractivity contribution in [3.8, 4) is 22.6 Å². The minimum atomic E-state index is 0.765. The molecule has 29 heavy (non-hydrogen) atoms. The van der Waals surface area contributed by atoms with Crippen LogP contribution < -0.4 is 0 Å². The molecule has 0 aliphatic heterocycles. The SMILES string of the molecule is C=C/C=C(/C1=CCCC1)c1nc(-c2n[nH]c3ccc(-c4cn[nH]c4)cc23)[nH]c1C. The molecular weight excluding hydrogens is 360 g/mol. The van der Waals surface area contributed by atoms with E-state index in [2.05, 4.69) is 63.2 Å². The zero-order valence-electron chi connectivity index (χ0n) is 16.3. The number of allylic oxidation sites excluding steroid dienone is 5. The van der Waals surface area contributed by atoms with Gasteiger partial charge in [0, 0.05) is 28.4 Å². The third kappa shape index (κ3) is 3.02. The van der Waals surface area contributed by atoms with E-state index in [-0.39, 0.29) is 0 Å². The maximum Gasteiger partial charge on any atom is 0.159 e. The summed E-state index contributed by atoms with van der Waals surface area (Å²) in [5.41, 5.74) is 8.41. The number of benzene rings is 1. The molecule has 6 heteroatoms. The molecule has 0 atom stereocenters. The van der Waals surface area contributed by atoms with Gasteiger partial charge in [0.1, 0.15) is 5.69 Å². The van der Waals surface area contributed by atoms with Gasteiger partial charge in [0.2, 0.25) is 0 Å². The number of fused-ring (bicyclic) bond motifs is 1. The number of aryl methyl sites for hydroxylation is 1. The smallest absolute Gasteiger partial charge is 0.159 e. The van der Waals surface area contributed by atoms with Gasteiger partial charge in [-0.2, -0.15) is 10.2 Å². The molecule has 0 saturated heterocycles. The van der Waals surface area contributed by atoms with Crippen molar-refractivity contribution in [1.29, 1.82) is 0 Å². The fraction of sp³-hybridized carbons (Fsp3) is 0.174. The molecule has 0 spiro atoms. The summed E-state index contributed by atoms with van der Waals surface area (Å²) in [6.07, 6.45) is 13.3. The van der Waals surface area contributed by atoms with Gasteiger partial charge in [0.05, 0.1) is 17.4 Å². The molecule has 4 aromatic rings. The van der Waals surface area contributed by atoms with E-state index in [4.69, 9.17) is 4.98 Å². The van der Waals surface area contributed by atoms with Gasteiger partial charge in [0.25, 0.3) is 0 Å². The molecule has 0 fully saturated rings. The molecule has 0 bridgehead atoms. The minimum absolute atomic E-state index is 0.765. The second kappa shape index (κ2) is 7.05. The van der Waals surface area contributed by atoms with E-state index >= 15 is 0 Å². The van der Waals surface area contributed by atoms with Gasteiger partial charge in [-0.15, -0.1) is 0 Å². The Morgan fingerprint density at radius 2 is 2.17 bits per heavy atom. The molecule has 6 nitrogen and oxygen atoms in total. The quantitative estimate of drug-likeness (QED) is 0.408. The van der Waals surface area contributed by atoms with Crippen LogP contribution in [0.3, 0.4) is 0 Å². The minimum Gasteiger partial charge on any atom is -0.340 e. The van der Waals surface area contributed by atoms with Crippen LogP contribution in [0.25, 0.3) is 39.1 Å². The summed E-state index contributed by atoms with van der Waals surface area (Å²) >= 11 is 0. The van der Waals surface area contributed by atoms with E-state index in [1.54, 1.807) is 0 Å². The molecule has 0 unspecified atom stereocenters. The maximum absolute atomic E-state index is 4.94. The third-order valence-corrected chi connectivity index (χ3v) is 5.43. The highest BCUT2D eigenvalue weighted by Crippen LogP contribution is 2.35. The highest BCUT2D eigenvalue weighted by molar-refractivity contribution is 5.94. The summed E-state index contributed by atoms with van der Waals surface area (Å²) in [6, 6.07) is 6.22. The lowest BCUT2D eigenvalue weighted by molar-refractivity contribution is 0.917. The van der Waals surface area contributed by atoms with Crippen LogP contribution >= 0.6 is 0 Å². The van der Waals surface area contributed by atoms with Gasteiger partial charge in [-0.25, -0.2) is 4.98 Å². The number of imidazole rings is 1. The second-order valence-corrected chi connectivity index (χ2v) is 7.32. The van der Waals surface area contributed by atoms with Crippen molar-refractivity contribution in [1.82, 2.24) is 30.4 Å². The van der Waals surface area contributed by atoms with Gasteiger partial charge in [0.15, 0.2) is 5.82 Å². The van der Waals surface area contributed by atoms with Gasteiger partial charge in [-0.3, -0.25) is 10.2 Å². The van der Waals surface area contributed by atoms with E-state index < -0.39 is 0 Å². The van der Waals surface area contributed by atoms with E-state index in [0.717, 1.165) is 63.4 Å². The molecule has 3 N–H and O–H groups in total. The largest absolute Gasteiger partial charge is 0.340 e. The second-order valence-electron chi connectivity index (χ2n) is 7.32. The number of aromatic nitrogens is 6. The lowest BCUT2D eigenvalue weighted by atomic mass is 10.0. The van der Waals surface area contributed by atoms with E-state index in [0.29, 0.717) is 0 Å². The molecule has 1 aliphatic rings. The number of nitrogens with zero attached hydrogens (tertiary/aromatic N) is 3. The van der Waals surface area contributed by atoms with Gasteiger partial charge >= 0.3 is 0 Å². The molecule has 0 saturated carbocycles. The number of hydrogen-bond acceptors (Lipinski definition) is 3. The lowest BCUT2D eigenvalue weighted by Gasteiger charge is -2.06. The monoisotopic (exact) mass is 382 g/mol. The van der Waals surface area contributed by atoms with Crippen molar-refractivity contribution >= 4 is 16.5 Å². The number of hydrogen-bond donors (Lipinski definition) is 3. The summed E-state index contributed by atoms with van der Waals surface area (Å²) < 4.78 is 0. The van der Waals surface area contributed by atoms with Gasteiger partial charge in [-0.05, 0) is 49.5 Å². The summed E-state index contributed by atoms with van der Waals surface area (Å²) in [4.78, 5) is 8.39. The van der Waals surface area contributed by atoms with Crippen LogP contribution in [0.5, 0.6) is 0 Å². The maximum atomic E-state index is 4.94. The van der Waals surface area contributed by atoms with Crippen LogP contribution in [-0.2, 0) is 0 Å². The topological polar surface area (TPSA) is 86.0 Å². The van der Waals surface area contributed by atoms with Gasteiger partial charge in [-0.1, -0.05) is 30.9 Å². The lowest BCUT2D eigenvalue weighted by Crippen LogP contribution is -1.91. The average Bonchev–Trinajstić information content (AvgIpc) is 3.52. The Morgan fingerprint density at radius 3 is 2.93 bits per heavy atom. The highest BCUT2D eigenvalue weighted by atomic mass is 15.1. The Bertz CT molecular complexity index is 1250. The van der Waals surface area contributed by atoms with Crippen LogP contribution in [-0.4, -0.2) is 30.4 Å². The first-order valence-electron chi connectivity index (χ1n) is 9.81. The Morgan fingerprint density at radius 1 is 1.24 bits per heavy atom. The molecule has 5 rings (SSSR count). The number of H-pyrrole nitrogens is 3. The number of rotatable bonds is 5. The fourth-order valence-electron chi connectivity index (χ4n) is 3.99. The highest BCUT2D eigenvalue weighted by Gasteiger charge is 2.20. The first-order valence-corrected chi connectivity index (χ1v) is 9.81. The average molecular weight is 382 g/mol. The molecule has 1 aromatic carbocycles. The standard InChI is InChI=1S/C23H22N6/c1-3-6-18(15-7-4-5-8-15)21-14(2)26-23(27-21)22-19-11-16(17-12-24-25-13-17)9-10-20(19)28-29-22/h3,6-7,9-13H,1,4-5,8H2,2H3,(H,24,25)(H,26,27)(H,28,29)/b18-6-. The molecule has 144 valence electrons. The van der Waals surface area contributed by atoms with Crippen molar-refractivity contribution in [3.63, 3.8) is 0 Å². The predicted octanol–water partition coefficient (Wildman–Crippen LogP) is 5.33. The van der Waals surface area contributed by atoms with Gasteiger partial charge < -0.3 is 4.98 Å². The van der Waals surface area contributed by atoms with E-state index in [9.17, 15) is 0 Å². The Labute approximate surface area is 168 Å². The summed E-state index contributed by atoms with van der Waals surface area (Å²) in [5.74, 6) is 0.765. The molecular formula is C23H22N6. The molecule has 3 heterocycles. The van der Waals surface area contributed by atoms with Crippen LogP contribution in [0.15, 0.2) is 61.0 Å². The van der Waals surface area contributed by atoms with Crippen LogP contribution in [0.4, 0.5) is 0 Å². The molecule has 0 radical (unpaired) electrons. The van der Waals surface area contributed by atoms with E-state index in [1.807, 2.05) is 24.5 Å². The first kappa shape index (κ1) is 17.4. The first-order chi connectivity index (χ1) is 14.2. The molecule has 0 amide bonds. The van der Waals surface area contributed by atoms with Crippen molar-refractivity contribution in [2.75, 3.05) is 0 Å². The van der Waals surface area contributed by atoms with Crippen molar-refractivity contribution in [2.24, 2.45) is 0 Å². The zero-order chi connectivity index (χ0) is 19.8. The summed E-state index contributed by atoms with van der Waals surface area (Å²) in [7, 11) is 0. The Balaban J connectivity index is 1.61. The van der Waals surface area contributed by atoms with Crippen molar-refractivity contribution < 1.29 is 0 Å². The van der Waals surface area contributed by atoms with Crippen molar-refractivity contribution in [3.05, 3.63) is 72.4 Å². The van der Waals surface area contributed by atoms with Crippen LogP contribution in [0, 0.1) is 6.92 Å². The predicted molar refractivity (Wildman–Crippen MR) is 116 cm³/mol. The van der Waals surface area contributed by atoms with Crippen molar-refractivity contribution in [2.45, 2.75) is 26.2 Å². The molecule has 1 aliphatic carbocycles.